The third-order valence-electron chi connectivity index (χ3n) is 8.88. The zero-order valence-electron chi connectivity index (χ0n) is 30.4. The summed E-state index contributed by atoms with van der Waals surface area (Å²) < 4.78 is 5.47. The van der Waals surface area contributed by atoms with Crippen molar-refractivity contribution in [3.8, 4) is 0 Å². The Balaban J connectivity index is 1.32. The maximum absolute atomic E-state index is 14.2. The number of carbonyl (C=O) groups is 4. The SMILES string of the molecule is CC(C)CC(NC(=O)[C@H](Cc1c[nH]cn1)NC(=O)[C@@H](Cc1cccc2ccccc12)NC(=O)OCc1ccccc1)C(O)CC(=O)NCc1ccncc1. The van der Waals surface area contributed by atoms with Crippen LogP contribution in [0.1, 0.15) is 49.1 Å². The minimum atomic E-state index is -1.21. The molecule has 6 N–H and O–H groups in total. The Morgan fingerprint density at radius 1 is 0.796 bits per heavy atom. The van der Waals surface area contributed by atoms with Crippen LogP contribution in [-0.4, -0.2) is 68.1 Å². The highest BCUT2D eigenvalue weighted by Crippen LogP contribution is 2.20. The van der Waals surface area contributed by atoms with Crippen LogP contribution in [0.25, 0.3) is 10.8 Å². The van der Waals surface area contributed by atoms with Crippen molar-refractivity contribution in [2.24, 2.45) is 5.92 Å². The fourth-order valence-corrected chi connectivity index (χ4v) is 6.11. The molecule has 0 radical (unpaired) electrons. The lowest BCUT2D eigenvalue weighted by atomic mass is 9.96. The minimum absolute atomic E-state index is 0.000788. The Morgan fingerprint density at radius 2 is 1.50 bits per heavy atom. The molecule has 2 unspecified atom stereocenters. The summed E-state index contributed by atoms with van der Waals surface area (Å²) in [5.74, 6) is -1.53. The van der Waals surface area contributed by atoms with Crippen molar-refractivity contribution >= 4 is 34.6 Å². The molecule has 13 heteroatoms. The second-order valence-electron chi connectivity index (χ2n) is 13.6. The van der Waals surface area contributed by atoms with E-state index in [9.17, 15) is 24.3 Å². The quantitative estimate of drug-likeness (QED) is 0.0776. The molecular weight excluding hydrogens is 686 g/mol. The van der Waals surface area contributed by atoms with Crippen LogP contribution < -0.4 is 21.3 Å². The average molecular weight is 734 g/mol. The van der Waals surface area contributed by atoms with E-state index in [1.165, 1.54) is 6.33 Å². The summed E-state index contributed by atoms with van der Waals surface area (Å²) in [6.45, 7) is 4.15. The van der Waals surface area contributed by atoms with Gasteiger partial charge in [0.15, 0.2) is 0 Å². The summed E-state index contributed by atoms with van der Waals surface area (Å²) in [5, 5.41) is 24.3. The van der Waals surface area contributed by atoms with Gasteiger partial charge in [0.2, 0.25) is 17.7 Å². The van der Waals surface area contributed by atoms with E-state index in [-0.39, 0.29) is 44.2 Å². The zero-order chi connectivity index (χ0) is 38.3. The molecule has 4 atom stereocenters. The Morgan fingerprint density at radius 3 is 2.24 bits per heavy atom. The first-order chi connectivity index (χ1) is 26.1. The number of imidazole rings is 1. The summed E-state index contributed by atoms with van der Waals surface area (Å²) >= 11 is 0. The van der Waals surface area contributed by atoms with Crippen molar-refractivity contribution in [3.63, 3.8) is 0 Å². The predicted molar refractivity (Wildman–Crippen MR) is 204 cm³/mol. The van der Waals surface area contributed by atoms with Crippen molar-refractivity contribution in [2.75, 3.05) is 0 Å². The number of carbonyl (C=O) groups excluding carboxylic acids is 4. The molecule has 13 nitrogen and oxygen atoms in total. The maximum atomic E-state index is 14.2. The second kappa shape index (κ2) is 19.7. The number of hydrogen-bond acceptors (Lipinski definition) is 8. The molecule has 0 spiro atoms. The van der Waals surface area contributed by atoms with Crippen LogP contribution in [0.2, 0.25) is 0 Å². The lowest BCUT2D eigenvalue weighted by Crippen LogP contribution is -2.57. The summed E-state index contributed by atoms with van der Waals surface area (Å²) in [6.07, 6.45) is 4.57. The van der Waals surface area contributed by atoms with Gasteiger partial charge in [-0.3, -0.25) is 19.4 Å². The number of benzene rings is 3. The van der Waals surface area contributed by atoms with E-state index in [4.69, 9.17) is 4.74 Å². The molecule has 0 saturated heterocycles. The number of nitrogens with zero attached hydrogens (tertiary/aromatic N) is 2. The van der Waals surface area contributed by atoms with Crippen LogP contribution in [0.15, 0.2) is 110 Å². The molecule has 0 aliphatic heterocycles. The first-order valence-electron chi connectivity index (χ1n) is 18.0. The molecule has 0 bridgehead atoms. The number of aliphatic hydroxyl groups is 1. The molecule has 3 aromatic carbocycles. The van der Waals surface area contributed by atoms with Crippen LogP contribution in [0.3, 0.4) is 0 Å². The number of fused-ring (bicyclic) bond motifs is 1. The largest absolute Gasteiger partial charge is 0.445 e. The van der Waals surface area contributed by atoms with Gasteiger partial charge in [-0.2, -0.15) is 0 Å². The van der Waals surface area contributed by atoms with Crippen LogP contribution in [-0.2, 0) is 45.1 Å². The van der Waals surface area contributed by atoms with Gasteiger partial charge in [-0.1, -0.05) is 86.6 Å². The van der Waals surface area contributed by atoms with E-state index in [2.05, 4.69) is 36.2 Å². The van der Waals surface area contributed by atoms with Crippen LogP contribution in [0, 0.1) is 5.92 Å². The van der Waals surface area contributed by atoms with Crippen molar-refractivity contribution in [3.05, 3.63) is 132 Å². The van der Waals surface area contributed by atoms with Gasteiger partial charge in [0.05, 0.1) is 30.6 Å². The van der Waals surface area contributed by atoms with Gasteiger partial charge in [-0.15, -0.1) is 0 Å². The molecular formula is C41H47N7O6. The lowest BCUT2D eigenvalue weighted by Gasteiger charge is -2.29. The van der Waals surface area contributed by atoms with Crippen molar-refractivity contribution in [2.45, 2.75) is 76.9 Å². The highest BCUT2D eigenvalue weighted by atomic mass is 16.5. The Labute approximate surface area is 314 Å². The lowest BCUT2D eigenvalue weighted by molar-refractivity contribution is -0.131. The molecule has 5 rings (SSSR count). The number of alkyl carbamates (subject to hydrolysis) is 1. The van der Waals surface area contributed by atoms with Crippen LogP contribution in [0.4, 0.5) is 4.79 Å². The molecule has 282 valence electrons. The number of hydrogen-bond donors (Lipinski definition) is 6. The van der Waals surface area contributed by atoms with Crippen LogP contribution in [0.5, 0.6) is 0 Å². The van der Waals surface area contributed by atoms with E-state index in [0.29, 0.717) is 12.1 Å². The Hall–Kier alpha value is -6.08. The number of aromatic amines is 1. The molecule has 0 aliphatic rings. The molecule has 2 heterocycles. The maximum Gasteiger partial charge on any atom is 0.408 e. The van der Waals surface area contributed by atoms with Gasteiger partial charge in [-0.25, -0.2) is 9.78 Å². The number of H-pyrrole nitrogens is 1. The molecule has 5 aromatic rings. The number of amides is 4. The number of ether oxygens (including phenoxy) is 1. The fourth-order valence-electron chi connectivity index (χ4n) is 6.11. The second-order valence-corrected chi connectivity index (χ2v) is 13.6. The highest BCUT2D eigenvalue weighted by molar-refractivity contribution is 5.93. The third-order valence-corrected chi connectivity index (χ3v) is 8.88. The smallest absolute Gasteiger partial charge is 0.408 e. The number of rotatable bonds is 18. The third kappa shape index (κ3) is 12.0. The van der Waals surface area contributed by atoms with E-state index < -0.39 is 42.1 Å². The standard InChI is InChI=1S/C41H47N7O6/c1-27(2)19-34(37(49)22-38(50)44-23-28-15-17-42-18-16-28)46-40(52)36(21-32-24-43-26-45-32)47-39(51)35(48-41(53)54-25-29-9-4-3-5-10-29)20-31-13-8-12-30-11-6-7-14-33(30)31/h3-18,24,26-27,34-37,49H,19-23,25H2,1-2H3,(H,43,45)(H,44,50)(H,46,52)(H,47,51)(H,48,53)/t34?,35-,36+,37?/m1/s1. The van der Waals surface area contributed by atoms with Gasteiger partial charge in [0, 0.05) is 38.0 Å². The molecule has 54 heavy (non-hydrogen) atoms. The van der Waals surface area contributed by atoms with Gasteiger partial charge < -0.3 is 36.1 Å². The zero-order valence-corrected chi connectivity index (χ0v) is 30.4. The molecule has 0 saturated carbocycles. The number of aliphatic hydroxyl groups excluding tert-OH is 1. The normalized spacial score (nSPS) is 13.3. The summed E-state index contributed by atoms with van der Waals surface area (Å²) in [7, 11) is 0. The van der Waals surface area contributed by atoms with Gasteiger partial charge >= 0.3 is 6.09 Å². The Bertz CT molecular complexity index is 1950. The monoisotopic (exact) mass is 733 g/mol. The average Bonchev–Trinajstić information content (AvgIpc) is 3.69. The van der Waals surface area contributed by atoms with Crippen molar-refractivity contribution < 1.29 is 29.0 Å². The van der Waals surface area contributed by atoms with E-state index in [0.717, 1.165) is 27.5 Å². The van der Waals surface area contributed by atoms with Gasteiger partial charge in [0.1, 0.15) is 18.7 Å². The summed E-state index contributed by atoms with van der Waals surface area (Å²) in [6, 6.07) is 23.1. The van der Waals surface area contributed by atoms with Gasteiger partial charge in [-0.05, 0) is 51.9 Å². The first-order valence-corrected chi connectivity index (χ1v) is 18.0. The molecule has 4 amide bonds. The highest BCUT2D eigenvalue weighted by Gasteiger charge is 2.32. The Kier molecular flexibility index (Phi) is 14.3. The minimum Gasteiger partial charge on any atom is -0.445 e. The number of aromatic nitrogens is 3. The van der Waals surface area contributed by atoms with E-state index in [1.807, 2.05) is 86.6 Å². The van der Waals surface area contributed by atoms with Crippen molar-refractivity contribution in [1.29, 1.82) is 0 Å². The molecule has 0 fully saturated rings. The first kappa shape index (κ1) is 39.1. The summed E-state index contributed by atoms with van der Waals surface area (Å²) in [4.78, 5) is 65.2. The number of nitrogens with one attached hydrogen (secondary N) is 5. The molecule has 2 aromatic heterocycles. The topological polar surface area (TPSA) is 187 Å². The van der Waals surface area contributed by atoms with E-state index in [1.54, 1.807) is 30.7 Å². The number of pyridine rings is 1. The van der Waals surface area contributed by atoms with Gasteiger partial charge in [0.25, 0.3) is 0 Å². The fraction of sp³-hybridized carbons (Fsp3) is 0.317. The van der Waals surface area contributed by atoms with Crippen molar-refractivity contribution in [1.82, 2.24) is 36.2 Å². The summed E-state index contributed by atoms with van der Waals surface area (Å²) in [5.41, 5.74) is 2.96. The predicted octanol–water partition coefficient (Wildman–Crippen LogP) is 4.12. The molecule has 0 aliphatic carbocycles. The van der Waals surface area contributed by atoms with Crippen LogP contribution >= 0.6 is 0 Å². The van der Waals surface area contributed by atoms with E-state index >= 15 is 0 Å².